The third-order valence-corrected chi connectivity index (χ3v) is 9.85. The molecule has 2 heterocycles. The quantitative estimate of drug-likeness (QED) is 0.0978. The molecule has 0 saturated carbocycles. The van der Waals surface area contributed by atoms with Crippen LogP contribution in [0, 0.1) is 5.92 Å². The minimum absolute atomic E-state index is 0.0209. The summed E-state index contributed by atoms with van der Waals surface area (Å²) in [4.78, 5) is 76.6. The zero-order valence-corrected chi connectivity index (χ0v) is 22.0. The SMILES string of the molecule is CC(CCCC(CP([O])(=O)O)CP([O])(=O)O)NC(=O)[C@@]1(CCCCC(=O)O)SC[C@@H]2NC(=O)N[C@@H]21. The highest BCUT2D eigenvalue weighted by Crippen LogP contribution is 2.46. The number of amides is 3. The van der Waals surface area contributed by atoms with E-state index in [-0.39, 0.29) is 36.9 Å². The van der Waals surface area contributed by atoms with Crippen LogP contribution in [0.1, 0.15) is 51.9 Å². The maximum absolute atomic E-state index is 13.4. The summed E-state index contributed by atoms with van der Waals surface area (Å²) < 4.78 is 21.4. The number of nitrogens with one attached hydrogen (secondary N) is 3. The van der Waals surface area contributed by atoms with Crippen LogP contribution in [0.25, 0.3) is 0 Å². The number of carbonyl (C=O) groups is 3. The number of aliphatic carboxylic acids is 1. The van der Waals surface area contributed by atoms with Crippen LogP contribution in [-0.2, 0) is 28.5 Å². The molecule has 6 N–H and O–H groups in total. The summed E-state index contributed by atoms with van der Waals surface area (Å²) in [5.74, 6) is -1.67. The second-order valence-corrected chi connectivity index (χ2v) is 13.9. The molecular formula is C19H33N3O10P2S. The normalized spacial score (nSPS) is 25.1. The number of carboxylic acids is 1. The van der Waals surface area contributed by atoms with Crippen LogP contribution in [0.5, 0.6) is 0 Å². The minimum Gasteiger partial charge on any atom is -0.481 e. The van der Waals surface area contributed by atoms with Crippen LogP contribution in [0.15, 0.2) is 0 Å². The van der Waals surface area contributed by atoms with E-state index in [4.69, 9.17) is 14.9 Å². The van der Waals surface area contributed by atoms with E-state index in [1.807, 2.05) is 0 Å². The van der Waals surface area contributed by atoms with Crippen molar-refractivity contribution in [1.82, 2.24) is 16.0 Å². The summed E-state index contributed by atoms with van der Waals surface area (Å²) in [6.07, 6.45) is 0.488. The van der Waals surface area contributed by atoms with Crippen LogP contribution in [-0.4, -0.2) is 73.8 Å². The Bertz CT molecular complexity index is 857. The maximum atomic E-state index is 13.4. The molecule has 0 spiro atoms. The van der Waals surface area contributed by atoms with Crippen LogP contribution >= 0.6 is 27.0 Å². The Hall–Kier alpha value is -1.14. The molecule has 2 aliphatic heterocycles. The number of hydrogen-bond donors (Lipinski definition) is 6. The lowest BCUT2D eigenvalue weighted by Crippen LogP contribution is -2.57. The topological polar surface area (TPSA) is 222 Å². The molecule has 2 fully saturated rings. The standard InChI is InChI=1S/C19H33N3O10P2S/c1-12(5-4-6-13(9-33(27,28)29)10-34(30,31)32)20-17(25)19(8-3-2-7-15(23)24)16-14(11-35-19)21-18(26)22-16/h12-14,16H,2-11H2,1H3,(H,20,25)(H,23,24)(H,27,28)(H,30,31)(H2,21,22,26)/t12?,14-,16-,19-/m0/s1. The Morgan fingerprint density at radius 1 is 1.11 bits per heavy atom. The molecule has 3 amide bonds. The van der Waals surface area contributed by atoms with E-state index in [0.29, 0.717) is 37.9 Å². The summed E-state index contributed by atoms with van der Waals surface area (Å²) in [5, 5.41) is 17.4. The number of rotatable bonds is 15. The summed E-state index contributed by atoms with van der Waals surface area (Å²) in [7, 11) is -9.45. The summed E-state index contributed by atoms with van der Waals surface area (Å²) in [6.45, 7) is 1.74. The molecule has 0 aromatic heterocycles. The van der Waals surface area contributed by atoms with Gasteiger partial charge in [0.25, 0.3) is 0 Å². The number of thioether (sulfide) groups is 1. The molecule has 0 aromatic rings. The molecule has 2 saturated heterocycles. The third-order valence-electron chi connectivity index (χ3n) is 6.21. The number of fused-ring (bicyclic) bond motifs is 1. The number of carboxylic acid groups (broad SMARTS) is 1. The van der Waals surface area contributed by atoms with Gasteiger partial charge in [0.15, 0.2) is 0 Å². The Labute approximate surface area is 207 Å². The van der Waals surface area contributed by atoms with Crippen molar-refractivity contribution in [3.63, 3.8) is 0 Å². The zero-order chi connectivity index (χ0) is 26.4. The molecule has 0 bridgehead atoms. The highest BCUT2D eigenvalue weighted by molar-refractivity contribution is 8.01. The molecule has 16 heteroatoms. The van der Waals surface area contributed by atoms with E-state index < -0.39 is 50.2 Å². The number of urea groups is 1. The van der Waals surface area contributed by atoms with E-state index in [9.17, 15) is 33.3 Å². The largest absolute Gasteiger partial charge is 0.481 e. The van der Waals surface area contributed by atoms with E-state index in [2.05, 4.69) is 16.0 Å². The van der Waals surface area contributed by atoms with Crippen molar-refractivity contribution < 1.29 is 48.2 Å². The lowest BCUT2D eigenvalue weighted by Gasteiger charge is -2.33. The molecule has 0 aliphatic carbocycles. The molecule has 2 radical (unpaired) electrons. The zero-order valence-electron chi connectivity index (χ0n) is 19.4. The van der Waals surface area contributed by atoms with Gasteiger partial charge in [0.1, 0.15) is 4.75 Å². The van der Waals surface area contributed by atoms with Gasteiger partial charge in [-0.25, -0.2) is 4.79 Å². The van der Waals surface area contributed by atoms with Crippen molar-refractivity contribution in [2.45, 2.75) is 74.7 Å². The summed E-state index contributed by atoms with van der Waals surface area (Å²) in [6, 6.07) is -1.41. The Balaban J connectivity index is 1.97. The Morgan fingerprint density at radius 2 is 1.74 bits per heavy atom. The van der Waals surface area contributed by atoms with Crippen LogP contribution in [0.2, 0.25) is 0 Å². The first-order valence-corrected chi connectivity index (χ1v) is 15.9. The molecule has 13 nitrogen and oxygen atoms in total. The van der Waals surface area contributed by atoms with Crippen molar-refractivity contribution in [2.24, 2.45) is 5.92 Å². The molecular weight excluding hydrogens is 524 g/mol. The summed E-state index contributed by atoms with van der Waals surface area (Å²) >= 11 is 1.41. The average molecular weight is 557 g/mol. The van der Waals surface area contributed by atoms with Gasteiger partial charge >= 0.3 is 27.2 Å². The highest BCUT2D eigenvalue weighted by Gasteiger charge is 2.57. The molecule has 2 aliphatic rings. The smallest absolute Gasteiger partial charge is 0.356 e. The molecule has 200 valence electrons. The predicted octanol–water partition coefficient (Wildman–Crippen LogP) is 1.69. The van der Waals surface area contributed by atoms with Gasteiger partial charge in [0, 0.05) is 18.2 Å². The highest BCUT2D eigenvalue weighted by atomic mass is 32.2. The first kappa shape index (κ1) is 30.1. The fraction of sp³-hybridized carbons (Fsp3) is 0.842. The molecule has 2 rings (SSSR count). The van der Waals surface area contributed by atoms with Gasteiger partial charge in [-0.05, 0) is 38.5 Å². The maximum Gasteiger partial charge on any atom is 0.356 e. The van der Waals surface area contributed by atoms with Gasteiger partial charge in [-0.3, -0.25) is 18.7 Å². The molecule has 3 unspecified atom stereocenters. The Morgan fingerprint density at radius 3 is 2.31 bits per heavy atom. The summed E-state index contributed by atoms with van der Waals surface area (Å²) in [5.41, 5.74) is 0. The van der Waals surface area contributed by atoms with Gasteiger partial charge in [-0.2, -0.15) is 0 Å². The van der Waals surface area contributed by atoms with Crippen molar-refractivity contribution in [3.8, 4) is 0 Å². The van der Waals surface area contributed by atoms with Crippen molar-refractivity contribution >= 4 is 44.9 Å². The second-order valence-electron chi connectivity index (χ2n) is 9.31. The first-order chi connectivity index (χ1) is 16.1. The van der Waals surface area contributed by atoms with Gasteiger partial charge in [-0.1, -0.05) is 12.8 Å². The first-order valence-electron chi connectivity index (χ1n) is 11.4. The van der Waals surface area contributed by atoms with E-state index in [1.54, 1.807) is 6.92 Å². The fourth-order valence-corrected chi connectivity index (χ4v) is 8.44. The fourth-order valence-electron chi connectivity index (χ4n) is 4.68. The van der Waals surface area contributed by atoms with E-state index in [0.717, 1.165) is 0 Å². The monoisotopic (exact) mass is 557 g/mol. The van der Waals surface area contributed by atoms with Gasteiger partial charge in [0.2, 0.25) is 5.91 Å². The third kappa shape index (κ3) is 9.68. The lowest BCUT2D eigenvalue weighted by molar-refractivity contribution is -0.137. The van der Waals surface area contributed by atoms with Crippen LogP contribution in [0.3, 0.4) is 0 Å². The van der Waals surface area contributed by atoms with E-state index in [1.165, 1.54) is 11.8 Å². The van der Waals surface area contributed by atoms with E-state index >= 15 is 0 Å². The number of carbonyl (C=O) groups excluding carboxylic acids is 2. The number of unbranched alkanes of at least 4 members (excludes halogenated alkanes) is 1. The predicted molar refractivity (Wildman–Crippen MR) is 126 cm³/mol. The van der Waals surface area contributed by atoms with Crippen LogP contribution in [0.4, 0.5) is 4.79 Å². The van der Waals surface area contributed by atoms with Gasteiger partial charge in [0.05, 0.1) is 24.4 Å². The Kier molecular flexibility index (Phi) is 10.7. The van der Waals surface area contributed by atoms with Crippen molar-refractivity contribution in [1.29, 1.82) is 0 Å². The lowest BCUT2D eigenvalue weighted by atomic mass is 9.88. The van der Waals surface area contributed by atoms with Gasteiger partial charge < -0.3 is 30.8 Å². The molecule has 0 aromatic carbocycles. The van der Waals surface area contributed by atoms with Crippen LogP contribution < -0.4 is 16.0 Å². The minimum atomic E-state index is -4.72. The second kappa shape index (κ2) is 12.4. The molecule has 35 heavy (non-hydrogen) atoms. The van der Waals surface area contributed by atoms with Crippen molar-refractivity contribution in [3.05, 3.63) is 0 Å². The number of hydrogen-bond acceptors (Lipinski definition) is 6. The molecule has 6 atom stereocenters. The average Bonchev–Trinajstić information content (AvgIpc) is 3.20. The van der Waals surface area contributed by atoms with Gasteiger partial charge in [-0.15, -0.1) is 21.5 Å². The van der Waals surface area contributed by atoms with Crippen molar-refractivity contribution in [2.75, 3.05) is 18.1 Å².